The highest BCUT2D eigenvalue weighted by Gasteiger charge is 2.13. The van der Waals surface area contributed by atoms with Gasteiger partial charge in [-0.2, -0.15) is 0 Å². The van der Waals surface area contributed by atoms with Crippen molar-refractivity contribution in [2.45, 2.75) is 26.3 Å². The van der Waals surface area contributed by atoms with Gasteiger partial charge in [0.25, 0.3) is 0 Å². The largest absolute Gasteiger partial charge is 0.496 e. The molecule has 0 radical (unpaired) electrons. The number of rotatable bonds is 6. The van der Waals surface area contributed by atoms with Crippen LogP contribution in [0.15, 0.2) is 41.1 Å². The van der Waals surface area contributed by atoms with E-state index in [0.717, 1.165) is 28.8 Å². The summed E-state index contributed by atoms with van der Waals surface area (Å²) in [6.45, 7) is 5.10. The molecule has 2 rings (SSSR count). The SMILES string of the molecule is CCNC(Cc1cncc(Br)c1)c1ccc(C)c(OC)c1. The third-order valence-electron chi connectivity index (χ3n) is 3.49. The normalized spacial score (nSPS) is 12.2. The minimum absolute atomic E-state index is 0.251. The Labute approximate surface area is 134 Å². The van der Waals surface area contributed by atoms with Gasteiger partial charge in [-0.05, 0) is 64.6 Å². The van der Waals surface area contributed by atoms with Gasteiger partial charge in [0.2, 0.25) is 0 Å². The Morgan fingerprint density at radius 3 is 2.76 bits per heavy atom. The maximum absolute atomic E-state index is 5.44. The molecule has 0 amide bonds. The fraction of sp³-hybridized carbons (Fsp3) is 0.353. The first-order valence-corrected chi connectivity index (χ1v) is 7.90. The summed E-state index contributed by atoms with van der Waals surface area (Å²) < 4.78 is 6.45. The Morgan fingerprint density at radius 2 is 2.10 bits per heavy atom. The van der Waals surface area contributed by atoms with Crippen molar-refractivity contribution in [1.82, 2.24) is 10.3 Å². The number of nitrogens with zero attached hydrogens (tertiary/aromatic N) is 1. The second-order valence-corrected chi connectivity index (χ2v) is 5.97. The van der Waals surface area contributed by atoms with Gasteiger partial charge < -0.3 is 10.1 Å². The lowest BCUT2D eigenvalue weighted by Crippen LogP contribution is -2.23. The first-order chi connectivity index (χ1) is 10.1. The average molecular weight is 349 g/mol. The molecule has 0 aliphatic carbocycles. The zero-order valence-corrected chi connectivity index (χ0v) is 14.3. The molecular formula is C17H21BrN2O. The Hall–Kier alpha value is -1.39. The highest BCUT2D eigenvalue weighted by molar-refractivity contribution is 9.10. The summed E-state index contributed by atoms with van der Waals surface area (Å²) in [4.78, 5) is 4.24. The van der Waals surface area contributed by atoms with Crippen molar-refractivity contribution in [3.63, 3.8) is 0 Å². The smallest absolute Gasteiger partial charge is 0.122 e. The first-order valence-electron chi connectivity index (χ1n) is 7.11. The van der Waals surface area contributed by atoms with E-state index in [-0.39, 0.29) is 6.04 Å². The quantitative estimate of drug-likeness (QED) is 0.854. The van der Waals surface area contributed by atoms with E-state index in [4.69, 9.17) is 4.74 Å². The molecule has 1 aromatic heterocycles. The zero-order chi connectivity index (χ0) is 15.2. The van der Waals surface area contributed by atoms with E-state index in [1.165, 1.54) is 11.1 Å². The van der Waals surface area contributed by atoms with Crippen molar-refractivity contribution in [1.29, 1.82) is 0 Å². The van der Waals surface area contributed by atoms with Gasteiger partial charge in [-0.25, -0.2) is 0 Å². The molecule has 1 unspecified atom stereocenters. The molecule has 21 heavy (non-hydrogen) atoms. The molecule has 4 heteroatoms. The van der Waals surface area contributed by atoms with Gasteiger partial charge in [0.05, 0.1) is 7.11 Å². The summed E-state index contributed by atoms with van der Waals surface area (Å²) in [7, 11) is 1.71. The summed E-state index contributed by atoms with van der Waals surface area (Å²) >= 11 is 3.48. The fourth-order valence-corrected chi connectivity index (χ4v) is 2.82. The Morgan fingerprint density at radius 1 is 1.29 bits per heavy atom. The number of hydrogen-bond acceptors (Lipinski definition) is 3. The van der Waals surface area contributed by atoms with Gasteiger partial charge in [0.1, 0.15) is 5.75 Å². The van der Waals surface area contributed by atoms with Crippen LogP contribution >= 0.6 is 15.9 Å². The molecule has 0 aliphatic heterocycles. The number of likely N-dealkylation sites (N-methyl/N-ethyl adjacent to an activating group) is 1. The van der Waals surface area contributed by atoms with Crippen LogP contribution in [0.4, 0.5) is 0 Å². The zero-order valence-electron chi connectivity index (χ0n) is 12.7. The van der Waals surface area contributed by atoms with Crippen molar-refractivity contribution >= 4 is 15.9 Å². The monoisotopic (exact) mass is 348 g/mol. The lowest BCUT2D eigenvalue weighted by molar-refractivity contribution is 0.410. The van der Waals surface area contributed by atoms with Crippen LogP contribution in [-0.4, -0.2) is 18.6 Å². The van der Waals surface area contributed by atoms with Crippen LogP contribution in [0, 0.1) is 6.92 Å². The number of aryl methyl sites for hydroxylation is 1. The molecule has 1 aromatic carbocycles. The molecule has 0 bridgehead atoms. The molecule has 3 nitrogen and oxygen atoms in total. The van der Waals surface area contributed by atoms with Crippen LogP contribution in [0.2, 0.25) is 0 Å². The van der Waals surface area contributed by atoms with Crippen molar-refractivity contribution in [2.75, 3.05) is 13.7 Å². The number of hydrogen-bond donors (Lipinski definition) is 1. The van der Waals surface area contributed by atoms with Crippen molar-refractivity contribution < 1.29 is 4.74 Å². The van der Waals surface area contributed by atoms with Gasteiger partial charge in [-0.15, -0.1) is 0 Å². The lowest BCUT2D eigenvalue weighted by Gasteiger charge is -2.20. The summed E-state index contributed by atoms with van der Waals surface area (Å²) in [6.07, 6.45) is 4.62. The molecular weight excluding hydrogens is 328 g/mol. The van der Waals surface area contributed by atoms with E-state index in [9.17, 15) is 0 Å². The number of methoxy groups -OCH3 is 1. The molecule has 0 spiro atoms. The van der Waals surface area contributed by atoms with E-state index in [1.54, 1.807) is 13.3 Å². The van der Waals surface area contributed by atoms with Crippen LogP contribution in [-0.2, 0) is 6.42 Å². The van der Waals surface area contributed by atoms with Crippen LogP contribution in [0.5, 0.6) is 5.75 Å². The minimum Gasteiger partial charge on any atom is -0.496 e. The van der Waals surface area contributed by atoms with Gasteiger partial charge >= 0.3 is 0 Å². The van der Waals surface area contributed by atoms with E-state index in [0.29, 0.717) is 0 Å². The summed E-state index contributed by atoms with van der Waals surface area (Å²) in [5.41, 5.74) is 3.59. The molecule has 1 N–H and O–H groups in total. The fourth-order valence-electron chi connectivity index (χ4n) is 2.41. The van der Waals surface area contributed by atoms with E-state index >= 15 is 0 Å². The predicted molar refractivity (Wildman–Crippen MR) is 89.8 cm³/mol. The number of ether oxygens (including phenoxy) is 1. The van der Waals surface area contributed by atoms with Crippen LogP contribution in [0.25, 0.3) is 0 Å². The summed E-state index contributed by atoms with van der Waals surface area (Å²) in [6, 6.07) is 8.76. The van der Waals surface area contributed by atoms with E-state index in [2.05, 4.69) is 64.3 Å². The molecule has 112 valence electrons. The molecule has 0 aliphatic rings. The van der Waals surface area contributed by atoms with Crippen molar-refractivity contribution in [3.05, 3.63) is 57.8 Å². The molecule has 1 heterocycles. The number of halogens is 1. The predicted octanol–water partition coefficient (Wildman–Crippen LogP) is 4.05. The summed E-state index contributed by atoms with van der Waals surface area (Å²) in [5, 5.41) is 3.54. The molecule has 0 saturated heterocycles. The lowest BCUT2D eigenvalue weighted by atomic mass is 9.98. The average Bonchev–Trinajstić information content (AvgIpc) is 2.47. The topological polar surface area (TPSA) is 34.2 Å². The number of nitrogens with one attached hydrogen (secondary N) is 1. The maximum atomic E-state index is 5.44. The van der Waals surface area contributed by atoms with Crippen LogP contribution in [0.1, 0.15) is 29.7 Å². The maximum Gasteiger partial charge on any atom is 0.122 e. The van der Waals surface area contributed by atoms with E-state index < -0.39 is 0 Å². The first kappa shape index (κ1) is 16.0. The third kappa shape index (κ3) is 4.29. The van der Waals surface area contributed by atoms with Crippen LogP contribution in [0.3, 0.4) is 0 Å². The van der Waals surface area contributed by atoms with Gasteiger partial charge in [0.15, 0.2) is 0 Å². The van der Waals surface area contributed by atoms with Crippen LogP contribution < -0.4 is 10.1 Å². The molecule has 0 saturated carbocycles. The number of aromatic nitrogens is 1. The Kier molecular flexibility index (Phi) is 5.76. The minimum atomic E-state index is 0.251. The number of benzene rings is 1. The van der Waals surface area contributed by atoms with E-state index in [1.807, 2.05) is 6.20 Å². The summed E-state index contributed by atoms with van der Waals surface area (Å²) in [5.74, 6) is 0.933. The van der Waals surface area contributed by atoms with Gasteiger partial charge in [-0.1, -0.05) is 19.1 Å². The number of pyridine rings is 1. The Balaban J connectivity index is 2.26. The van der Waals surface area contributed by atoms with Gasteiger partial charge in [-0.3, -0.25) is 4.98 Å². The second kappa shape index (κ2) is 7.57. The van der Waals surface area contributed by atoms with Gasteiger partial charge in [0, 0.05) is 22.9 Å². The molecule has 0 fully saturated rings. The van der Waals surface area contributed by atoms with Crippen molar-refractivity contribution in [3.8, 4) is 5.75 Å². The highest BCUT2D eigenvalue weighted by atomic mass is 79.9. The second-order valence-electron chi connectivity index (χ2n) is 5.05. The Bertz CT molecular complexity index is 601. The molecule has 1 atom stereocenters. The van der Waals surface area contributed by atoms with Crippen molar-refractivity contribution in [2.24, 2.45) is 0 Å². The highest BCUT2D eigenvalue weighted by Crippen LogP contribution is 2.26. The molecule has 2 aromatic rings. The third-order valence-corrected chi connectivity index (χ3v) is 3.92. The standard InChI is InChI=1S/C17H21BrN2O/c1-4-20-16(8-13-7-15(18)11-19-10-13)14-6-5-12(2)17(9-14)21-3/h5-7,9-11,16,20H,4,8H2,1-3H3.